The first-order valence-electron chi connectivity index (χ1n) is 8.19. The van der Waals surface area contributed by atoms with E-state index in [1.165, 1.54) is 5.56 Å². The summed E-state index contributed by atoms with van der Waals surface area (Å²) in [5, 5.41) is 9.49. The van der Waals surface area contributed by atoms with Crippen LogP contribution in [0.4, 0.5) is 0 Å². The molecule has 3 rings (SSSR count). The van der Waals surface area contributed by atoms with E-state index in [1.54, 1.807) is 4.90 Å². The van der Waals surface area contributed by atoms with Gasteiger partial charge in [0.1, 0.15) is 0 Å². The zero-order valence-corrected chi connectivity index (χ0v) is 13.7. The molecular formula is C20H21NO3. The van der Waals surface area contributed by atoms with Gasteiger partial charge < -0.3 is 10.0 Å². The second-order valence-corrected chi connectivity index (χ2v) is 6.29. The van der Waals surface area contributed by atoms with E-state index in [0.717, 1.165) is 16.7 Å². The molecule has 1 heterocycles. The molecule has 2 aromatic carbocycles. The maximum Gasteiger partial charge on any atom is 0.312 e. The summed E-state index contributed by atoms with van der Waals surface area (Å²) in [5.41, 5.74) is 4.10. The number of aryl methyl sites for hydroxylation is 2. The maximum absolute atomic E-state index is 12.6. The first-order valence-corrected chi connectivity index (χ1v) is 8.19. The van der Waals surface area contributed by atoms with E-state index in [2.05, 4.69) is 0 Å². The quantitative estimate of drug-likeness (QED) is 0.940. The molecule has 124 valence electrons. The molecule has 0 bridgehead atoms. The summed E-state index contributed by atoms with van der Waals surface area (Å²) in [6, 6.07) is 15.5. The summed E-state index contributed by atoms with van der Waals surface area (Å²) in [7, 11) is 0. The highest BCUT2D eigenvalue weighted by Gasteiger charge is 2.32. The minimum Gasteiger partial charge on any atom is -0.481 e. The lowest BCUT2D eigenvalue weighted by Crippen LogP contribution is -2.40. The fraction of sp³-hybridized carbons (Fsp3) is 0.300. The summed E-state index contributed by atoms with van der Waals surface area (Å²) in [4.78, 5) is 25.8. The number of amides is 1. The first-order chi connectivity index (χ1) is 11.6. The second-order valence-electron chi connectivity index (χ2n) is 6.29. The van der Waals surface area contributed by atoms with E-state index in [1.807, 2.05) is 55.5 Å². The number of rotatable bonds is 4. The molecule has 0 fully saturated rings. The lowest BCUT2D eigenvalue weighted by Gasteiger charge is -2.33. The van der Waals surface area contributed by atoms with Crippen molar-refractivity contribution in [2.45, 2.75) is 32.2 Å². The van der Waals surface area contributed by atoms with Gasteiger partial charge in [0.05, 0.1) is 5.92 Å². The average molecular weight is 323 g/mol. The zero-order valence-electron chi connectivity index (χ0n) is 13.7. The van der Waals surface area contributed by atoms with Crippen molar-refractivity contribution in [2.24, 2.45) is 0 Å². The van der Waals surface area contributed by atoms with Crippen LogP contribution >= 0.6 is 0 Å². The molecular weight excluding hydrogens is 302 g/mol. The molecule has 24 heavy (non-hydrogen) atoms. The predicted molar refractivity (Wildman–Crippen MR) is 91.7 cm³/mol. The lowest BCUT2D eigenvalue weighted by atomic mass is 9.89. The number of hydrogen-bond donors (Lipinski definition) is 1. The standard InChI is InChI=1S/C20H21NO3/c1-14-6-2-3-7-15(14)10-11-19(22)21-12-16-8-4-5-9-17(16)18(13-21)20(23)24/h2-9,18H,10-13H2,1H3,(H,23,24). The van der Waals surface area contributed by atoms with Crippen molar-refractivity contribution in [3.05, 3.63) is 70.8 Å². The van der Waals surface area contributed by atoms with Gasteiger partial charge in [-0.2, -0.15) is 0 Å². The van der Waals surface area contributed by atoms with Gasteiger partial charge in [-0.25, -0.2) is 0 Å². The molecule has 2 aromatic rings. The molecule has 1 N–H and O–H groups in total. The number of carbonyl (C=O) groups excluding carboxylic acids is 1. The smallest absolute Gasteiger partial charge is 0.312 e. The molecule has 0 saturated heterocycles. The molecule has 4 nitrogen and oxygen atoms in total. The van der Waals surface area contributed by atoms with E-state index >= 15 is 0 Å². The fourth-order valence-electron chi connectivity index (χ4n) is 3.30. The third kappa shape index (κ3) is 3.32. The Morgan fingerprint density at radius 2 is 1.83 bits per heavy atom. The van der Waals surface area contributed by atoms with Crippen LogP contribution in [-0.2, 0) is 22.6 Å². The van der Waals surface area contributed by atoms with Crippen molar-refractivity contribution in [1.29, 1.82) is 0 Å². The van der Waals surface area contributed by atoms with Gasteiger partial charge >= 0.3 is 5.97 Å². The number of benzene rings is 2. The highest BCUT2D eigenvalue weighted by Crippen LogP contribution is 2.29. The Kier molecular flexibility index (Phi) is 4.65. The first kappa shape index (κ1) is 16.2. The molecule has 1 aliphatic heterocycles. The highest BCUT2D eigenvalue weighted by atomic mass is 16.4. The minimum atomic E-state index is -0.876. The Bertz CT molecular complexity index is 769. The van der Waals surface area contributed by atoms with Crippen LogP contribution in [0.5, 0.6) is 0 Å². The monoisotopic (exact) mass is 323 g/mol. The third-order valence-electron chi connectivity index (χ3n) is 4.71. The van der Waals surface area contributed by atoms with Crippen molar-refractivity contribution >= 4 is 11.9 Å². The predicted octanol–water partition coefficient (Wildman–Crippen LogP) is 3.14. The van der Waals surface area contributed by atoms with Gasteiger partial charge in [-0.15, -0.1) is 0 Å². The largest absolute Gasteiger partial charge is 0.481 e. The molecule has 1 amide bonds. The Labute approximate surface area is 141 Å². The highest BCUT2D eigenvalue weighted by molar-refractivity contribution is 5.81. The van der Waals surface area contributed by atoms with Gasteiger partial charge in [0.15, 0.2) is 0 Å². The third-order valence-corrected chi connectivity index (χ3v) is 4.71. The molecule has 0 aromatic heterocycles. The number of hydrogen-bond acceptors (Lipinski definition) is 2. The van der Waals surface area contributed by atoms with Crippen LogP contribution < -0.4 is 0 Å². The van der Waals surface area contributed by atoms with Gasteiger partial charge in [-0.3, -0.25) is 9.59 Å². The van der Waals surface area contributed by atoms with Crippen molar-refractivity contribution in [3.8, 4) is 0 Å². The summed E-state index contributed by atoms with van der Waals surface area (Å²) < 4.78 is 0. The van der Waals surface area contributed by atoms with E-state index in [9.17, 15) is 14.7 Å². The van der Waals surface area contributed by atoms with Crippen LogP contribution in [0.3, 0.4) is 0 Å². The molecule has 1 aliphatic rings. The SMILES string of the molecule is Cc1ccccc1CCC(=O)N1Cc2ccccc2C(C(=O)O)C1. The van der Waals surface area contributed by atoms with Crippen molar-refractivity contribution in [2.75, 3.05) is 6.54 Å². The molecule has 1 unspecified atom stereocenters. The number of carboxylic acid groups (broad SMARTS) is 1. The topological polar surface area (TPSA) is 57.6 Å². The van der Waals surface area contributed by atoms with Crippen molar-refractivity contribution in [1.82, 2.24) is 4.90 Å². The minimum absolute atomic E-state index is 0.0130. The molecule has 0 radical (unpaired) electrons. The van der Waals surface area contributed by atoms with Crippen molar-refractivity contribution < 1.29 is 14.7 Å². The molecule has 0 aliphatic carbocycles. The van der Waals surface area contributed by atoms with Crippen molar-refractivity contribution in [3.63, 3.8) is 0 Å². The van der Waals surface area contributed by atoms with E-state index < -0.39 is 11.9 Å². The Balaban J connectivity index is 1.72. The molecule has 0 saturated carbocycles. The Morgan fingerprint density at radius 3 is 2.58 bits per heavy atom. The van der Waals surface area contributed by atoms with E-state index in [4.69, 9.17) is 0 Å². The van der Waals surface area contributed by atoms with Crippen LogP contribution in [0.2, 0.25) is 0 Å². The van der Waals surface area contributed by atoms with Crippen LogP contribution in [0, 0.1) is 6.92 Å². The maximum atomic E-state index is 12.6. The number of carbonyl (C=O) groups is 2. The molecule has 4 heteroatoms. The molecule has 1 atom stereocenters. The number of nitrogens with zero attached hydrogens (tertiary/aromatic N) is 1. The summed E-state index contributed by atoms with van der Waals surface area (Å²) in [6.07, 6.45) is 1.08. The zero-order chi connectivity index (χ0) is 17.1. The summed E-state index contributed by atoms with van der Waals surface area (Å²) in [5.74, 6) is -1.50. The normalized spacial score (nSPS) is 16.5. The van der Waals surface area contributed by atoms with Crippen LogP contribution in [0.1, 0.15) is 34.6 Å². The second kappa shape index (κ2) is 6.87. The van der Waals surface area contributed by atoms with Crippen LogP contribution in [-0.4, -0.2) is 28.4 Å². The van der Waals surface area contributed by atoms with Gasteiger partial charge in [0, 0.05) is 19.5 Å². The number of aliphatic carboxylic acids is 1. The molecule has 0 spiro atoms. The van der Waals surface area contributed by atoms with Gasteiger partial charge in [-0.05, 0) is 35.6 Å². The Morgan fingerprint density at radius 1 is 1.12 bits per heavy atom. The number of fused-ring (bicyclic) bond motifs is 1. The number of carboxylic acids is 1. The Hall–Kier alpha value is -2.62. The van der Waals surface area contributed by atoms with Gasteiger partial charge in [-0.1, -0.05) is 48.5 Å². The van der Waals surface area contributed by atoms with E-state index in [-0.39, 0.29) is 12.5 Å². The van der Waals surface area contributed by atoms with Gasteiger partial charge in [0.2, 0.25) is 5.91 Å². The van der Waals surface area contributed by atoms with Crippen LogP contribution in [0.25, 0.3) is 0 Å². The fourth-order valence-corrected chi connectivity index (χ4v) is 3.30. The summed E-state index contributed by atoms with van der Waals surface area (Å²) in [6.45, 7) is 2.78. The van der Waals surface area contributed by atoms with E-state index in [0.29, 0.717) is 19.4 Å². The lowest BCUT2D eigenvalue weighted by molar-refractivity contribution is -0.141. The summed E-state index contributed by atoms with van der Waals surface area (Å²) >= 11 is 0. The van der Waals surface area contributed by atoms with Crippen LogP contribution in [0.15, 0.2) is 48.5 Å². The average Bonchev–Trinajstić information content (AvgIpc) is 2.59. The van der Waals surface area contributed by atoms with Gasteiger partial charge in [0.25, 0.3) is 0 Å².